The van der Waals surface area contributed by atoms with Gasteiger partial charge in [0.25, 0.3) is 0 Å². The second kappa shape index (κ2) is 6.54. The van der Waals surface area contributed by atoms with Crippen molar-refractivity contribution in [2.45, 2.75) is 6.10 Å². The molecule has 0 radical (unpaired) electrons. The quantitative estimate of drug-likeness (QED) is 0.646. The summed E-state index contributed by atoms with van der Waals surface area (Å²) in [6.07, 6.45) is -0.164. The second-order valence-corrected chi connectivity index (χ2v) is 7.19. The van der Waals surface area contributed by atoms with Gasteiger partial charge in [0.05, 0.1) is 30.4 Å². The molecule has 1 fully saturated rings. The molecule has 5 nitrogen and oxygen atoms in total. The number of nitrogens with zero attached hydrogens (tertiary/aromatic N) is 2. The fourth-order valence-corrected chi connectivity index (χ4v) is 3.87. The largest absolute Gasteiger partial charge is 0.496 e. The van der Waals surface area contributed by atoms with Gasteiger partial charge < -0.3 is 14.4 Å². The zero-order valence-electron chi connectivity index (χ0n) is 13.4. The van der Waals surface area contributed by atoms with Gasteiger partial charge in [-0.3, -0.25) is 0 Å². The van der Waals surface area contributed by atoms with Gasteiger partial charge in [0.15, 0.2) is 5.13 Å². The summed E-state index contributed by atoms with van der Waals surface area (Å²) >= 11 is 7.61. The van der Waals surface area contributed by atoms with Crippen molar-refractivity contribution in [2.24, 2.45) is 0 Å². The minimum Gasteiger partial charge on any atom is -0.496 e. The van der Waals surface area contributed by atoms with Crippen molar-refractivity contribution in [3.8, 4) is 5.75 Å². The number of esters is 1. The Bertz CT molecular complexity index is 904. The zero-order chi connectivity index (χ0) is 17.4. The molecule has 4 rings (SSSR count). The molecule has 25 heavy (non-hydrogen) atoms. The van der Waals surface area contributed by atoms with Gasteiger partial charge >= 0.3 is 5.97 Å². The minimum absolute atomic E-state index is 0.164. The Balaban J connectivity index is 1.41. The Labute approximate surface area is 153 Å². The lowest BCUT2D eigenvalue weighted by Crippen LogP contribution is -2.53. The van der Waals surface area contributed by atoms with Crippen LogP contribution in [0, 0.1) is 0 Å². The summed E-state index contributed by atoms with van der Waals surface area (Å²) in [6.45, 7) is 1.27. The molecule has 1 aliphatic rings. The van der Waals surface area contributed by atoms with Crippen molar-refractivity contribution in [3.63, 3.8) is 0 Å². The molecule has 3 aromatic rings. The molecule has 0 N–H and O–H groups in total. The van der Waals surface area contributed by atoms with Crippen LogP contribution in [0.1, 0.15) is 10.4 Å². The number of thiazole rings is 1. The number of rotatable bonds is 4. The molecule has 1 aliphatic heterocycles. The lowest BCUT2D eigenvalue weighted by atomic mass is 10.1. The van der Waals surface area contributed by atoms with Crippen LogP contribution in [-0.4, -0.2) is 37.3 Å². The molecule has 128 valence electrons. The number of hydrogen-bond donors (Lipinski definition) is 0. The van der Waals surface area contributed by atoms with E-state index in [0.717, 1.165) is 15.3 Å². The van der Waals surface area contributed by atoms with E-state index in [1.54, 1.807) is 29.5 Å². The SMILES string of the molecule is COc1ccc(Cl)cc1C(=O)OC1CN(c2nc3ccccc3s2)C1. The van der Waals surface area contributed by atoms with E-state index in [9.17, 15) is 4.79 Å². The molecular formula is C18H15ClN2O3S. The first kappa shape index (κ1) is 16.2. The minimum atomic E-state index is -0.423. The first-order valence-electron chi connectivity index (χ1n) is 7.79. The van der Waals surface area contributed by atoms with E-state index in [-0.39, 0.29) is 6.10 Å². The summed E-state index contributed by atoms with van der Waals surface area (Å²) in [5, 5.41) is 1.42. The highest BCUT2D eigenvalue weighted by atomic mass is 35.5. The molecule has 2 heterocycles. The van der Waals surface area contributed by atoms with E-state index in [0.29, 0.717) is 29.4 Å². The molecule has 7 heteroatoms. The van der Waals surface area contributed by atoms with Gasteiger partial charge in [0, 0.05) is 5.02 Å². The lowest BCUT2D eigenvalue weighted by Gasteiger charge is -2.38. The maximum Gasteiger partial charge on any atom is 0.342 e. The number of carbonyl (C=O) groups excluding carboxylic acids is 1. The van der Waals surface area contributed by atoms with Crippen LogP contribution < -0.4 is 9.64 Å². The summed E-state index contributed by atoms with van der Waals surface area (Å²) < 4.78 is 11.9. The molecule has 0 spiro atoms. The van der Waals surface area contributed by atoms with Gasteiger partial charge in [-0.2, -0.15) is 0 Å². The fourth-order valence-electron chi connectivity index (χ4n) is 2.72. The number of methoxy groups -OCH3 is 1. The topological polar surface area (TPSA) is 51.7 Å². The molecule has 2 aromatic carbocycles. The van der Waals surface area contributed by atoms with Crippen LogP contribution in [0.3, 0.4) is 0 Å². The fraction of sp³-hybridized carbons (Fsp3) is 0.222. The van der Waals surface area contributed by atoms with Crippen LogP contribution in [0.2, 0.25) is 5.02 Å². The summed E-state index contributed by atoms with van der Waals surface area (Å²) in [5.41, 5.74) is 1.33. The molecule has 0 amide bonds. The summed E-state index contributed by atoms with van der Waals surface area (Å²) in [5.74, 6) is 0.0325. The van der Waals surface area contributed by atoms with E-state index >= 15 is 0 Å². The molecule has 0 unspecified atom stereocenters. The number of carbonyl (C=O) groups is 1. The van der Waals surface area contributed by atoms with E-state index in [1.165, 1.54) is 7.11 Å². The smallest absolute Gasteiger partial charge is 0.342 e. The van der Waals surface area contributed by atoms with Crippen molar-refractivity contribution in [1.82, 2.24) is 4.98 Å². The van der Waals surface area contributed by atoms with Crippen LogP contribution >= 0.6 is 22.9 Å². The summed E-state index contributed by atoms with van der Waals surface area (Å²) in [6, 6.07) is 12.9. The van der Waals surface area contributed by atoms with Crippen molar-refractivity contribution in [1.29, 1.82) is 0 Å². The third-order valence-corrected chi connectivity index (χ3v) is 5.39. The average Bonchev–Trinajstić information content (AvgIpc) is 3.00. The monoisotopic (exact) mass is 374 g/mol. The van der Waals surface area contributed by atoms with Crippen LogP contribution in [-0.2, 0) is 4.74 Å². The Morgan fingerprint density at radius 3 is 2.84 bits per heavy atom. The van der Waals surface area contributed by atoms with E-state index in [4.69, 9.17) is 21.1 Å². The number of anilines is 1. The standard InChI is InChI=1S/C18H15ClN2O3S/c1-23-15-7-6-11(19)8-13(15)17(22)24-12-9-21(10-12)18-20-14-4-2-3-5-16(14)25-18/h2-8,12H,9-10H2,1H3. The van der Waals surface area contributed by atoms with Gasteiger partial charge in [-0.05, 0) is 30.3 Å². The number of fused-ring (bicyclic) bond motifs is 1. The molecule has 1 saturated heterocycles. The predicted molar refractivity (Wildman–Crippen MR) is 99.0 cm³/mol. The maximum absolute atomic E-state index is 12.4. The molecule has 0 atom stereocenters. The van der Waals surface area contributed by atoms with Crippen molar-refractivity contribution < 1.29 is 14.3 Å². The van der Waals surface area contributed by atoms with Crippen LogP contribution in [0.5, 0.6) is 5.75 Å². The lowest BCUT2D eigenvalue weighted by molar-refractivity contribution is 0.0231. The van der Waals surface area contributed by atoms with E-state index in [2.05, 4.69) is 16.0 Å². The number of aromatic nitrogens is 1. The molecule has 0 bridgehead atoms. The Kier molecular flexibility index (Phi) is 4.23. The third-order valence-electron chi connectivity index (χ3n) is 4.06. The maximum atomic E-state index is 12.4. The number of benzene rings is 2. The van der Waals surface area contributed by atoms with Crippen LogP contribution in [0.4, 0.5) is 5.13 Å². The van der Waals surface area contributed by atoms with E-state index in [1.807, 2.05) is 18.2 Å². The van der Waals surface area contributed by atoms with Gasteiger partial charge in [0.1, 0.15) is 17.4 Å². The van der Waals surface area contributed by atoms with Crippen molar-refractivity contribution in [3.05, 3.63) is 53.1 Å². The number of halogens is 1. The molecule has 0 aliphatic carbocycles. The number of hydrogen-bond acceptors (Lipinski definition) is 6. The number of para-hydroxylation sites is 1. The first-order chi connectivity index (χ1) is 12.1. The first-order valence-corrected chi connectivity index (χ1v) is 8.98. The Morgan fingerprint density at radius 1 is 1.28 bits per heavy atom. The molecule has 1 aromatic heterocycles. The Morgan fingerprint density at radius 2 is 2.08 bits per heavy atom. The predicted octanol–water partition coefficient (Wildman–Crippen LogP) is 4.00. The average molecular weight is 375 g/mol. The van der Waals surface area contributed by atoms with Crippen molar-refractivity contribution >= 4 is 44.3 Å². The summed E-state index contributed by atoms with van der Waals surface area (Å²) in [4.78, 5) is 19.1. The van der Waals surface area contributed by atoms with Crippen molar-refractivity contribution in [2.75, 3.05) is 25.1 Å². The third kappa shape index (κ3) is 3.15. The normalized spacial score (nSPS) is 14.4. The Hall–Kier alpha value is -2.31. The highest BCUT2D eigenvalue weighted by molar-refractivity contribution is 7.22. The van der Waals surface area contributed by atoms with Crippen LogP contribution in [0.15, 0.2) is 42.5 Å². The van der Waals surface area contributed by atoms with Gasteiger partial charge in [-0.15, -0.1) is 0 Å². The zero-order valence-corrected chi connectivity index (χ0v) is 15.0. The van der Waals surface area contributed by atoms with Gasteiger partial charge in [0.2, 0.25) is 0 Å². The summed E-state index contributed by atoms with van der Waals surface area (Å²) in [7, 11) is 1.51. The van der Waals surface area contributed by atoms with Gasteiger partial charge in [-0.1, -0.05) is 35.1 Å². The highest BCUT2D eigenvalue weighted by Gasteiger charge is 2.33. The molecular weight excluding hydrogens is 360 g/mol. The highest BCUT2D eigenvalue weighted by Crippen LogP contribution is 2.32. The number of ether oxygens (including phenoxy) is 2. The van der Waals surface area contributed by atoms with E-state index < -0.39 is 5.97 Å². The van der Waals surface area contributed by atoms with Gasteiger partial charge in [-0.25, -0.2) is 9.78 Å². The molecule has 0 saturated carbocycles. The van der Waals surface area contributed by atoms with Crippen LogP contribution in [0.25, 0.3) is 10.2 Å². The second-order valence-electron chi connectivity index (χ2n) is 5.74.